The first-order valence-corrected chi connectivity index (χ1v) is 12.9. The van der Waals surface area contributed by atoms with Gasteiger partial charge in [0, 0.05) is 36.8 Å². The van der Waals surface area contributed by atoms with E-state index in [1.807, 2.05) is 29.2 Å². The molecule has 0 aliphatic heterocycles. The third-order valence-corrected chi connectivity index (χ3v) is 5.96. The lowest BCUT2D eigenvalue weighted by Crippen LogP contribution is -2.27. The van der Waals surface area contributed by atoms with Crippen molar-refractivity contribution in [2.75, 3.05) is 48.6 Å². The molecule has 13 heteroatoms. The molecule has 1 aromatic heterocycles. The summed E-state index contributed by atoms with van der Waals surface area (Å²) in [5, 5.41) is 34.4. The number of carboxylic acids is 1. The topological polar surface area (TPSA) is 159 Å². The summed E-state index contributed by atoms with van der Waals surface area (Å²) in [6.07, 6.45) is 1.20. The van der Waals surface area contributed by atoms with E-state index in [1.165, 1.54) is 0 Å². The van der Waals surface area contributed by atoms with Gasteiger partial charge in [0.05, 0.1) is 6.61 Å². The molecule has 1 atom stereocenters. The van der Waals surface area contributed by atoms with Crippen molar-refractivity contribution in [3.8, 4) is 0 Å². The maximum absolute atomic E-state index is 10.9. The quantitative estimate of drug-likeness (QED) is 0.0768. The number of carboxylic acid groups (broad SMARTS) is 1. The molecule has 3 aromatic rings. The van der Waals surface area contributed by atoms with E-state index in [4.69, 9.17) is 34.3 Å². The number of ether oxygens (including phenoxy) is 1. The Morgan fingerprint density at radius 1 is 1.05 bits per heavy atom. The minimum absolute atomic E-state index is 0.00764. The molecule has 0 saturated heterocycles. The Hall–Kier alpha value is -3.36. The van der Waals surface area contributed by atoms with Gasteiger partial charge in [-0.05, 0) is 79.6 Å². The molecular formula is C25H32N6O5S2. The molecular weight excluding hydrogens is 528 g/mol. The van der Waals surface area contributed by atoms with Gasteiger partial charge in [0.2, 0.25) is 10.7 Å². The minimum Gasteiger partial charge on any atom is -0.479 e. The predicted molar refractivity (Wildman–Crippen MR) is 151 cm³/mol. The molecule has 0 bridgehead atoms. The highest BCUT2D eigenvalue weighted by molar-refractivity contribution is 7.71. The number of nitrogens with zero attached hydrogens (tertiary/aromatic N) is 2. The SMILES string of the molecule is O=C(O)C(O)c1ccc(N(CCO)CCCCCOCNc2cccc(Nc3nc(=S)[nH]c(=S)[nH]3)c2)cc1. The van der Waals surface area contributed by atoms with Gasteiger partial charge in [-0.1, -0.05) is 18.2 Å². The number of benzene rings is 2. The summed E-state index contributed by atoms with van der Waals surface area (Å²) in [6.45, 7) is 2.19. The Kier molecular flexibility index (Phi) is 11.6. The summed E-state index contributed by atoms with van der Waals surface area (Å²) in [5.74, 6) is -0.830. The number of anilines is 4. The van der Waals surface area contributed by atoms with Gasteiger partial charge in [0.25, 0.3) is 0 Å². The Balaban J connectivity index is 1.35. The molecule has 7 N–H and O–H groups in total. The van der Waals surface area contributed by atoms with Crippen molar-refractivity contribution in [1.82, 2.24) is 15.0 Å². The average Bonchev–Trinajstić information content (AvgIpc) is 2.89. The van der Waals surface area contributed by atoms with Crippen molar-refractivity contribution in [2.45, 2.75) is 25.4 Å². The average molecular weight is 561 g/mol. The van der Waals surface area contributed by atoms with Gasteiger partial charge >= 0.3 is 5.97 Å². The van der Waals surface area contributed by atoms with E-state index in [2.05, 4.69) is 25.6 Å². The van der Waals surface area contributed by atoms with Crippen LogP contribution in [-0.4, -0.2) is 69.3 Å². The van der Waals surface area contributed by atoms with Crippen molar-refractivity contribution in [2.24, 2.45) is 0 Å². The number of hydrogen-bond donors (Lipinski definition) is 7. The van der Waals surface area contributed by atoms with Crippen LogP contribution in [0.5, 0.6) is 0 Å². The van der Waals surface area contributed by atoms with Gasteiger partial charge in [0.15, 0.2) is 10.9 Å². The summed E-state index contributed by atoms with van der Waals surface area (Å²) >= 11 is 10.1. The molecule has 0 saturated carbocycles. The molecule has 0 aliphatic rings. The first-order valence-electron chi connectivity index (χ1n) is 12.1. The van der Waals surface area contributed by atoms with Crippen LogP contribution in [0.15, 0.2) is 48.5 Å². The lowest BCUT2D eigenvalue weighted by molar-refractivity contribution is -0.146. The number of unbranched alkanes of at least 4 members (excludes halogenated alkanes) is 2. The second kappa shape index (κ2) is 15.1. The highest BCUT2D eigenvalue weighted by atomic mass is 32.1. The first-order chi connectivity index (χ1) is 18.4. The smallest absolute Gasteiger partial charge is 0.337 e. The van der Waals surface area contributed by atoms with Crippen LogP contribution >= 0.6 is 24.4 Å². The van der Waals surface area contributed by atoms with E-state index in [0.29, 0.717) is 40.9 Å². The first kappa shape index (κ1) is 29.2. The molecule has 204 valence electrons. The van der Waals surface area contributed by atoms with Gasteiger partial charge < -0.3 is 45.6 Å². The number of aromatic amines is 2. The molecule has 1 heterocycles. The molecule has 11 nitrogen and oxygen atoms in total. The number of rotatable bonds is 16. The van der Waals surface area contributed by atoms with Crippen LogP contribution in [0.25, 0.3) is 0 Å². The van der Waals surface area contributed by atoms with Crippen LogP contribution in [0.4, 0.5) is 23.0 Å². The van der Waals surface area contributed by atoms with Crippen LogP contribution in [0.3, 0.4) is 0 Å². The highest BCUT2D eigenvalue weighted by Gasteiger charge is 2.16. The van der Waals surface area contributed by atoms with Gasteiger partial charge in [-0.3, -0.25) is 0 Å². The fraction of sp³-hybridized carbons (Fsp3) is 0.360. The minimum atomic E-state index is -1.55. The van der Waals surface area contributed by atoms with Crippen LogP contribution in [0.2, 0.25) is 0 Å². The van der Waals surface area contributed by atoms with Crippen molar-refractivity contribution < 1.29 is 24.9 Å². The highest BCUT2D eigenvalue weighted by Crippen LogP contribution is 2.20. The second-order valence-corrected chi connectivity index (χ2v) is 9.18. The Morgan fingerprint density at radius 2 is 1.82 bits per heavy atom. The Labute approximate surface area is 230 Å². The zero-order chi connectivity index (χ0) is 27.3. The zero-order valence-corrected chi connectivity index (χ0v) is 22.4. The number of carbonyl (C=O) groups is 1. The van der Waals surface area contributed by atoms with Crippen LogP contribution < -0.4 is 15.5 Å². The number of aliphatic hydroxyl groups is 2. The summed E-state index contributed by atoms with van der Waals surface area (Å²) in [6, 6.07) is 14.4. The zero-order valence-electron chi connectivity index (χ0n) is 20.7. The van der Waals surface area contributed by atoms with E-state index in [9.17, 15) is 15.0 Å². The van der Waals surface area contributed by atoms with Gasteiger partial charge in [0.1, 0.15) is 6.73 Å². The standard InChI is InChI=1S/C25H32N6O5S2/c32-13-12-31(20-9-7-17(8-10-20)21(33)22(34)35)11-2-1-3-14-36-16-26-18-5-4-6-19(15-18)27-23-28-24(37)30-25(38)29-23/h4-10,15,21,26,32-33H,1-3,11-14,16H2,(H,34,35)(H3,27,28,29,30,37,38). The molecule has 38 heavy (non-hydrogen) atoms. The van der Waals surface area contributed by atoms with Gasteiger partial charge in [-0.2, -0.15) is 4.98 Å². The number of aromatic nitrogens is 3. The molecule has 0 amide bonds. The Bertz CT molecular complexity index is 1260. The molecule has 2 aromatic carbocycles. The Morgan fingerprint density at radius 3 is 2.53 bits per heavy atom. The third-order valence-electron chi connectivity index (χ3n) is 5.56. The fourth-order valence-corrected chi connectivity index (χ4v) is 4.14. The molecule has 0 fully saturated rings. The predicted octanol–water partition coefficient (Wildman–Crippen LogP) is 4.11. The number of hydrogen-bond acceptors (Lipinski definition) is 10. The van der Waals surface area contributed by atoms with Gasteiger partial charge in [-0.25, -0.2) is 4.79 Å². The van der Waals surface area contributed by atoms with E-state index in [-0.39, 0.29) is 6.61 Å². The van der Waals surface area contributed by atoms with E-state index in [1.54, 1.807) is 24.3 Å². The number of H-pyrrole nitrogens is 2. The van der Waals surface area contributed by atoms with Crippen LogP contribution in [0, 0.1) is 9.54 Å². The maximum atomic E-state index is 10.9. The normalized spacial score (nSPS) is 11.6. The summed E-state index contributed by atoms with van der Waals surface area (Å²) < 4.78 is 6.41. The maximum Gasteiger partial charge on any atom is 0.337 e. The fourth-order valence-electron chi connectivity index (χ4n) is 3.69. The van der Waals surface area contributed by atoms with Crippen molar-refractivity contribution in [1.29, 1.82) is 0 Å². The summed E-state index contributed by atoms with van der Waals surface area (Å²) in [7, 11) is 0. The summed E-state index contributed by atoms with van der Waals surface area (Å²) in [4.78, 5) is 22.8. The molecule has 0 aliphatic carbocycles. The molecule has 0 spiro atoms. The van der Waals surface area contributed by atoms with E-state index < -0.39 is 12.1 Å². The monoisotopic (exact) mass is 560 g/mol. The van der Waals surface area contributed by atoms with Crippen molar-refractivity contribution in [3.05, 3.63) is 63.6 Å². The number of aliphatic carboxylic acids is 1. The molecule has 3 rings (SSSR count). The summed E-state index contributed by atoms with van der Waals surface area (Å²) in [5.41, 5.74) is 2.89. The van der Waals surface area contributed by atoms with Crippen LogP contribution in [-0.2, 0) is 9.53 Å². The largest absolute Gasteiger partial charge is 0.479 e. The number of aliphatic hydroxyl groups excluding tert-OH is 2. The lowest BCUT2D eigenvalue weighted by Gasteiger charge is -2.24. The number of nitrogens with one attached hydrogen (secondary N) is 4. The third kappa shape index (κ3) is 9.50. The van der Waals surface area contributed by atoms with Crippen molar-refractivity contribution in [3.63, 3.8) is 0 Å². The van der Waals surface area contributed by atoms with Crippen molar-refractivity contribution >= 4 is 53.4 Å². The van der Waals surface area contributed by atoms with Crippen LogP contribution in [0.1, 0.15) is 30.9 Å². The lowest BCUT2D eigenvalue weighted by atomic mass is 10.1. The van der Waals surface area contributed by atoms with E-state index >= 15 is 0 Å². The second-order valence-electron chi connectivity index (χ2n) is 8.38. The molecule has 0 radical (unpaired) electrons. The van der Waals surface area contributed by atoms with E-state index in [0.717, 1.165) is 42.9 Å². The van der Waals surface area contributed by atoms with Gasteiger partial charge in [-0.15, -0.1) is 0 Å². The molecule has 1 unspecified atom stereocenters.